The summed E-state index contributed by atoms with van der Waals surface area (Å²) in [5.74, 6) is 0.712. The van der Waals surface area contributed by atoms with E-state index >= 15 is 0 Å². The first-order valence-corrected chi connectivity index (χ1v) is 7.28. The van der Waals surface area contributed by atoms with Gasteiger partial charge in [0, 0.05) is 17.6 Å². The predicted molar refractivity (Wildman–Crippen MR) is 87.8 cm³/mol. The Morgan fingerprint density at radius 3 is 2.32 bits per heavy atom. The van der Waals surface area contributed by atoms with Crippen molar-refractivity contribution in [1.29, 1.82) is 0 Å². The molecule has 2 aromatic rings. The molecule has 4 heteroatoms. The van der Waals surface area contributed by atoms with Gasteiger partial charge >= 0.3 is 0 Å². The Kier molecular flexibility index (Phi) is 5.17. The van der Waals surface area contributed by atoms with Crippen molar-refractivity contribution < 1.29 is 9.53 Å². The molecule has 0 aliphatic carbocycles. The number of nitrogens with two attached hydrogens (primary N) is 1. The second kappa shape index (κ2) is 7.09. The lowest BCUT2D eigenvalue weighted by Crippen LogP contribution is -2.45. The molecule has 0 fully saturated rings. The van der Waals surface area contributed by atoms with E-state index in [0.717, 1.165) is 11.3 Å². The van der Waals surface area contributed by atoms with Gasteiger partial charge in [-0.2, -0.15) is 0 Å². The molecule has 0 saturated heterocycles. The number of ether oxygens (including phenoxy) is 1. The van der Waals surface area contributed by atoms with E-state index in [0.29, 0.717) is 18.7 Å². The van der Waals surface area contributed by atoms with Crippen LogP contribution in [-0.4, -0.2) is 18.0 Å². The minimum Gasteiger partial charge on any atom is -0.489 e. The Morgan fingerprint density at radius 1 is 1.09 bits per heavy atom. The van der Waals surface area contributed by atoms with Gasteiger partial charge in [0.2, 0.25) is 0 Å². The molecular weight excluding hydrogens is 276 g/mol. The fourth-order valence-electron chi connectivity index (χ4n) is 1.85. The lowest BCUT2D eigenvalue weighted by atomic mass is 10.1. The van der Waals surface area contributed by atoms with Crippen LogP contribution in [0.1, 0.15) is 29.8 Å². The minimum atomic E-state index is -0.418. The van der Waals surface area contributed by atoms with Gasteiger partial charge in [-0.3, -0.25) is 4.79 Å². The Morgan fingerprint density at radius 2 is 1.73 bits per heavy atom. The molecule has 0 aliphatic rings. The maximum Gasteiger partial charge on any atom is 0.251 e. The highest BCUT2D eigenvalue weighted by Gasteiger charge is 2.13. The highest BCUT2D eigenvalue weighted by Crippen LogP contribution is 2.12. The maximum absolute atomic E-state index is 12.0. The summed E-state index contributed by atoms with van der Waals surface area (Å²) in [6.07, 6.45) is 0. The number of amides is 1. The standard InChI is InChI=1S/C18H22N2O2/c1-18(2,19)13-20-17(21)15-10-8-14(9-11-15)12-22-16-6-4-3-5-7-16/h3-11H,12-13,19H2,1-2H3,(H,20,21). The summed E-state index contributed by atoms with van der Waals surface area (Å²) >= 11 is 0. The third kappa shape index (κ3) is 5.22. The maximum atomic E-state index is 12.0. The van der Waals surface area contributed by atoms with Crippen molar-refractivity contribution in [3.05, 3.63) is 65.7 Å². The van der Waals surface area contributed by atoms with Crippen LogP contribution in [-0.2, 0) is 6.61 Å². The van der Waals surface area contributed by atoms with E-state index in [1.54, 1.807) is 12.1 Å². The Labute approximate surface area is 131 Å². The van der Waals surface area contributed by atoms with Crippen molar-refractivity contribution in [2.24, 2.45) is 5.73 Å². The van der Waals surface area contributed by atoms with E-state index in [2.05, 4.69) is 5.32 Å². The fraction of sp³-hybridized carbons (Fsp3) is 0.278. The molecule has 3 N–H and O–H groups in total. The average Bonchev–Trinajstić information content (AvgIpc) is 2.51. The van der Waals surface area contributed by atoms with Crippen LogP contribution < -0.4 is 15.8 Å². The summed E-state index contributed by atoms with van der Waals surface area (Å²) in [7, 11) is 0. The molecule has 4 nitrogen and oxygen atoms in total. The van der Waals surface area contributed by atoms with Crippen molar-refractivity contribution in [2.45, 2.75) is 26.0 Å². The highest BCUT2D eigenvalue weighted by molar-refractivity contribution is 5.94. The van der Waals surface area contributed by atoms with Crippen molar-refractivity contribution in [2.75, 3.05) is 6.54 Å². The quantitative estimate of drug-likeness (QED) is 0.862. The summed E-state index contributed by atoms with van der Waals surface area (Å²) in [6, 6.07) is 17.0. The van der Waals surface area contributed by atoms with Crippen LogP contribution in [0, 0.1) is 0 Å². The topological polar surface area (TPSA) is 64.3 Å². The number of rotatable bonds is 6. The molecule has 0 radical (unpaired) electrons. The van der Waals surface area contributed by atoms with Gasteiger partial charge in [0.05, 0.1) is 0 Å². The predicted octanol–water partition coefficient (Wildman–Crippen LogP) is 2.73. The van der Waals surface area contributed by atoms with E-state index in [4.69, 9.17) is 10.5 Å². The Balaban J connectivity index is 1.88. The normalized spacial score (nSPS) is 11.0. The van der Waals surface area contributed by atoms with E-state index in [1.165, 1.54) is 0 Å². The van der Waals surface area contributed by atoms with E-state index in [-0.39, 0.29) is 5.91 Å². The molecule has 116 valence electrons. The minimum absolute atomic E-state index is 0.117. The highest BCUT2D eigenvalue weighted by atomic mass is 16.5. The molecule has 0 aliphatic heterocycles. The van der Waals surface area contributed by atoms with Crippen LogP contribution in [0.3, 0.4) is 0 Å². The van der Waals surface area contributed by atoms with Gasteiger partial charge in [0.15, 0.2) is 0 Å². The third-order valence-corrected chi connectivity index (χ3v) is 3.07. The van der Waals surface area contributed by atoms with Gasteiger partial charge in [-0.15, -0.1) is 0 Å². The van der Waals surface area contributed by atoms with Crippen molar-refractivity contribution in [3.63, 3.8) is 0 Å². The number of para-hydroxylation sites is 1. The van der Waals surface area contributed by atoms with Gasteiger partial charge in [-0.25, -0.2) is 0 Å². The van der Waals surface area contributed by atoms with Crippen LogP contribution in [0.4, 0.5) is 0 Å². The second-order valence-electron chi connectivity index (χ2n) is 5.97. The van der Waals surface area contributed by atoms with Gasteiger partial charge < -0.3 is 15.8 Å². The number of carbonyl (C=O) groups is 1. The molecule has 0 spiro atoms. The first-order chi connectivity index (χ1) is 10.4. The zero-order chi connectivity index (χ0) is 16.0. The van der Waals surface area contributed by atoms with E-state index in [1.807, 2.05) is 56.3 Å². The SMILES string of the molecule is CC(C)(N)CNC(=O)c1ccc(COc2ccccc2)cc1. The lowest BCUT2D eigenvalue weighted by Gasteiger charge is -2.18. The smallest absolute Gasteiger partial charge is 0.251 e. The molecular formula is C18H22N2O2. The summed E-state index contributed by atoms with van der Waals surface area (Å²) in [5, 5.41) is 2.82. The fourth-order valence-corrected chi connectivity index (χ4v) is 1.85. The monoisotopic (exact) mass is 298 g/mol. The number of benzene rings is 2. The zero-order valence-electron chi connectivity index (χ0n) is 13.0. The molecule has 0 heterocycles. The molecule has 0 saturated carbocycles. The number of nitrogens with one attached hydrogen (secondary N) is 1. The summed E-state index contributed by atoms with van der Waals surface area (Å²) in [5.41, 5.74) is 7.06. The average molecular weight is 298 g/mol. The van der Waals surface area contributed by atoms with Gasteiger partial charge in [0.1, 0.15) is 12.4 Å². The Bertz CT molecular complexity index is 601. The first kappa shape index (κ1) is 16.0. The van der Waals surface area contributed by atoms with Gasteiger partial charge in [-0.1, -0.05) is 30.3 Å². The van der Waals surface area contributed by atoms with Gasteiger partial charge in [-0.05, 0) is 43.7 Å². The molecule has 0 bridgehead atoms. The van der Waals surface area contributed by atoms with Crippen LogP contribution in [0.2, 0.25) is 0 Å². The van der Waals surface area contributed by atoms with Crippen molar-refractivity contribution in [3.8, 4) is 5.75 Å². The molecule has 0 unspecified atom stereocenters. The molecule has 1 amide bonds. The van der Waals surface area contributed by atoms with Gasteiger partial charge in [0.25, 0.3) is 5.91 Å². The van der Waals surface area contributed by atoms with Crippen LogP contribution in [0.15, 0.2) is 54.6 Å². The van der Waals surface area contributed by atoms with Crippen LogP contribution in [0.25, 0.3) is 0 Å². The zero-order valence-corrected chi connectivity index (χ0v) is 13.0. The summed E-state index contributed by atoms with van der Waals surface area (Å²) in [6.45, 7) is 4.65. The number of hydrogen-bond donors (Lipinski definition) is 2. The van der Waals surface area contributed by atoms with E-state index in [9.17, 15) is 4.79 Å². The van der Waals surface area contributed by atoms with Crippen molar-refractivity contribution in [1.82, 2.24) is 5.32 Å². The van der Waals surface area contributed by atoms with E-state index < -0.39 is 5.54 Å². The second-order valence-corrected chi connectivity index (χ2v) is 5.97. The molecule has 2 rings (SSSR count). The lowest BCUT2D eigenvalue weighted by molar-refractivity contribution is 0.0946. The molecule has 2 aromatic carbocycles. The molecule has 22 heavy (non-hydrogen) atoms. The summed E-state index contributed by atoms with van der Waals surface area (Å²) in [4.78, 5) is 12.0. The van der Waals surface area contributed by atoms with Crippen molar-refractivity contribution >= 4 is 5.91 Å². The van der Waals surface area contributed by atoms with Crippen LogP contribution >= 0.6 is 0 Å². The molecule has 0 aromatic heterocycles. The number of hydrogen-bond acceptors (Lipinski definition) is 3. The largest absolute Gasteiger partial charge is 0.489 e. The number of carbonyl (C=O) groups excluding carboxylic acids is 1. The summed E-state index contributed by atoms with van der Waals surface area (Å²) < 4.78 is 5.67. The molecule has 0 atom stereocenters. The Hall–Kier alpha value is -2.33. The van der Waals surface area contributed by atoms with Crippen LogP contribution in [0.5, 0.6) is 5.75 Å². The first-order valence-electron chi connectivity index (χ1n) is 7.28. The third-order valence-electron chi connectivity index (χ3n) is 3.07.